The van der Waals surface area contributed by atoms with Crippen LogP contribution in [-0.2, 0) is 21.2 Å². The van der Waals surface area contributed by atoms with Crippen LogP contribution in [0.5, 0.6) is 0 Å². The maximum absolute atomic E-state index is 11.9. The molecule has 0 spiro atoms. The third-order valence-electron chi connectivity index (χ3n) is 2.86. The lowest BCUT2D eigenvalue weighted by atomic mass is 10.2. The van der Waals surface area contributed by atoms with Crippen LogP contribution in [0, 0.1) is 5.92 Å². The Bertz CT molecular complexity index is 530. The first-order valence-electron chi connectivity index (χ1n) is 6.35. The fourth-order valence-corrected chi connectivity index (χ4v) is 2.52. The van der Waals surface area contributed by atoms with Gasteiger partial charge in [0.25, 0.3) is 0 Å². The molecule has 0 aliphatic rings. The van der Waals surface area contributed by atoms with E-state index in [-0.39, 0.29) is 11.8 Å². The van der Waals surface area contributed by atoms with Gasteiger partial charge in [0.15, 0.2) is 9.84 Å². The Morgan fingerprint density at radius 3 is 2.05 bits per heavy atom. The van der Waals surface area contributed by atoms with Gasteiger partial charge in [0.05, 0.1) is 10.1 Å². The standard InChI is InChI=1S/C14H21NO3S/c1-10(2)14(16)15-9-12-5-7-13(8-6-12)19(17,18)11(3)4/h5-8,10-11H,9H2,1-4H3,(H,15,16). The average molecular weight is 283 g/mol. The predicted octanol–water partition coefficient (Wildman–Crippen LogP) is 2.14. The summed E-state index contributed by atoms with van der Waals surface area (Å²) in [6.45, 7) is 7.39. The summed E-state index contributed by atoms with van der Waals surface area (Å²) in [6.07, 6.45) is 0. The third kappa shape index (κ3) is 4.06. The molecule has 0 unspecified atom stereocenters. The molecule has 1 rings (SSSR count). The zero-order chi connectivity index (χ0) is 14.6. The number of carbonyl (C=O) groups is 1. The maximum atomic E-state index is 11.9. The number of carbonyl (C=O) groups excluding carboxylic acids is 1. The van der Waals surface area contributed by atoms with Gasteiger partial charge in [-0.15, -0.1) is 0 Å². The highest BCUT2D eigenvalue weighted by molar-refractivity contribution is 7.92. The van der Waals surface area contributed by atoms with Gasteiger partial charge < -0.3 is 5.32 Å². The molecular formula is C14H21NO3S. The third-order valence-corrected chi connectivity index (χ3v) is 5.03. The van der Waals surface area contributed by atoms with Crippen molar-refractivity contribution in [3.8, 4) is 0 Å². The fourth-order valence-electron chi connectivity index (χ4n) is 1.46. The minimum absolute atomic E-state index is 0.0149. The van der Waals surface area contributed by atoms with E-state index in [9.17, 15) is 13.2 Å². The van der Waals surface area contributed by atoms with Crippen molar-refractivity contribution in [2.75, 3.05) is 0 Å². The molecule has 0 saturated heterocycles. The largest absolute Gasteiger partial charge is 0.352 e. The van der Waals surface area contributed by atoms with E-state index in [1.165, 1.54) is 0 Å². The van der Waals surface area contributed by atoms with E-state index in [4.69, 9.17) is 0 Å². The van der Waals surface area contributed by atoms with Gasteiger partial charge in [0.1, 0.15) is 0 Å². The van der Waals surface area contributed by atoms with Crippen LogP contribution in [0.2, 0.25) is 0 Å². The number of benzene rings is 1. The van der Waals surface area contributed by atoms with Crippen molar-refractivity contribution in [2.45, 2.75) is 44.4 Å². The molecule has 1 N–H and O–H groups in total. The Hall–Kier alpha value is -1.36. The molecule has 0 heterocycles. The minimum atomic E-state index is -3.23. The van der Waals surface area contributed by atoms with E-state index >= 15 is 0 Å². The second-order valence-corrected chi connectivity index (χ2v) is 7.61. The number of nitrogens with one attached hydrogen (secondary N) is 1. The first-order chi connectivity index (χ1) is 8.75. The van der Waals surface area contributed by atoms with Gasteiger partial charge >= 0.3 is 0 Å². The van der Waals surface area contributed by atoms with Gasteiger partial charge in [-0.05, 0) is 31.5 Å². The number of sulfone groups is 1. The van der Waals surface area contributed by atoms with Gasteiger partial charge in [0, 0.05) is 12.5 Å². The quantitative estimate of drug-likeness (QED) is 0.900. The first-order valence-corrected chi connectivity index (χ1v) is 7.90. The first kappa shape index (κ1) is 15.7. The average Bonchev–Trinajstić information content (AvgIpc) is 2.36. The summed E-state index contributed by atoms with van der Waals surface area (Å²) in [4.78, 5) is 11.7. The summed E-state index contributed by atoms with van der Waals surface area (Å²) in [5, 5.41) is 2.36. The SMILES string of the molecule is CC(C)C(=O)NCc1ccc(S(=O)(=O)C(C)C)cc1. The highest BCUT2D eigenvalue weighted by Gasteiger charge is 2.18. The molecule has 0 atom stereocenters. The molecule has 0 aliphatic heterocycles. The lowest BCUT2D eigenvalue weighted by Crippen LogP contribution is -2.27. The summed E-state index contributed by atoms with van der Waals surface area (Å²) in [6, 6.07) is 6.64. The Morgan fingerprint density at radius 1 is 1.11 bits per heavy atom. The minimum Gasteiger partial charge on any atom is -0.352 e. The molecule has 0 saturated carbocycles. The van der Waals surface area contributed by atoms with Crippen LogP contribution in [0.3, 0.4) is 0 Å². The Balaban J connectivity index is 2.75. The van der Waals surface area contributed by atoms with Crippen molar-refractivity contribution < 1.29 is 13.2 Å². The Kier molecular flexibility index (Phi) is 5.11. The molecule has 5 heteroatoms. The normalized spacial score (nSPS) is 11.9. The van der Waals surface area contributed by atoms with E-state index in [0.717, 1.165) is 5.56 Å². The van der Waals surface area contributed by atoms with Crippen molar-refractivity contribution >= 4 is 15.7 Å². The molecule has 1 aromatic rings. The molecule has 1 aromatic carbocycles. The zero-order valence-corrected chi connectivity index (χ0v) is 12.6. The highest BCUT2D eigenvalue weighted by atomic mass is 32.2. The van der Waals surface area contributed by atoms with E-state index in [1.807, 2.05) is 13.8 Å². The summed E-state index contributed by atoms with van der Waals surface area (Å²) in [7, 11) is -3.23. The molecule has 1 amide bonds. The van der Waals surface area contributed by atoms with E-state index < -0.39 is 15.1 Å². The van der Waals surface area contributed by atoms with E-state index in [2.05, 4.69) is 5.32 Å². The van der Waals surface area contributed by atoms with Crippen LogP contribution >= 0.6 is 0 Å². The van der Waals surface area contributed by atoms with Gasteiger partial charge in [-0.25, -0.2) is 8.42 Å². The molecule has 0 aliphatic carbocycles. The van der Waals surface area contributed by atoms with Crippen molar-refractivity contribution in [1.29, 1.82) is 0 Å². The van der Waals surface area contributed by atoms with Crippen LogP contribution in [-0.4, -0.2) is 19.6 Å². The van der Waals surface area contributed by atoms with E-state index in [1.54, 1.807) is 38.1 Å². The molecule has 19 heavy (non-hydrogen) atoms. The Morgan fingerprint density at radius 2 is 1.63 bits per heavy atom. The molecule has 106 valence electrons. The highest BCUT2D eigenvalue weighted by Crippen LogP contribution is 2.16. The van der Waals surface area contributed by atoms with E-state index in [0.29, 0.717) is 11.4 Å². The fraction of sp³-hybridized carbons (Fsp3) is 0.500. The Labute approximate surface area is 115 Å². The van der Waals surface area contributed by atoms with Crippen LogP contribution in [0.1, 0.15) is 33.3 Å². The van der Waals surface area contributed by atoms with Crippen LogP contribution in [0.15, 0.2) is 29.2 Å². The summed E-state index contributed by atoms with van der Waals surface area (Å²) >= 11 is 0. The lowest BCUT2D eigenvalue weighted by Gasteiger charge is -2.10. The maximum Gasteiger partial charge on any atom is 0.222 e. The smallest absolute Gasteiger partial charge is 0.222 e. The van der Waals surface area contributed by atoms with Crippen molar-refractivity contribution in [2.24, 2.45) is 5.92 Å². The second kappa shape index (κ2) is 6.19. The van der Waals surface area contributed by atoms with Crippen LogP contribution < -0.4 is 5.32 Å². The zero-order valence-electron chi connectivity index (χ0n) is 11.8. The molecule has 0 radical (unpaired) electrons. The van der Waals surface area contributed by atoms with Gasteiger partial charge in [-0.1, -0.05) is 26.0 Å². The number of rotatable bonds is 5. The monoisotopic (exact) mass is 283 g/mol. The van der Waals surface area contributed by atoms with Crippen molar-refractivity contribution in [3.63, 3.8) is 0 Å². The lowest BCUT2D eigenvalue weighted by molar-refractivity contribution is -0.124. The number of hydrogen-bond donors (Lipinski definition) is 1. The van der Waals surface area contributed by atoms with Gasteiger partial charge in [-0.2, -0.15) is 0 Å². The van der Waals surface area contributed by atoms with Crippen molar-refractivity contribution in [3.05, 3.63) is 29.8 Å². The van der Waals surface area contributed by atoms with Crippen LogP contribution in [0.25, 0.3) is 0 Å². The summed E-state index contributed by atoms with van der Waals surface area (Å²) in [5.41, 5.74) is 0.886. The topological polar surface area (TPSA) is 63.2 Å². The molecule has 0 bridgehead atoms. The molecule has 0 aromatic heterocycles. The molecular weight excluding hydrogens is 262 g/mol. The molecule has 4 nitrogen and oxygen atoms in total. The second-order valence-electron chi connectivity index (χ2n) is 5.11. The predicted molar refractivity (Wildman–Crippen MR) is 75.4 cm³/mol. The molecule has 0 fully saturated rings. The number of amides is 1. The van der Waals surface area contributed by atoms with Gasteiger partial charge in [0.2, 0.25) is 5.91 Å². The van der Waals surface area contributed by atoms with Gasteiger partial charge in [-0.3, -0.25) is 4.79 Å². The van der Waals surface area contributed by atoms with Crippen molar-refractivity contribution in [1.82, 2.24) is 5.32 Å². The number of hydrogen-bond acceptors (Lipinski definition) is 3. The summed E-state index contributed by atoms with van der Waals surface area (Å²) < 4.78 is 23.9. The van der Waals surface area contributed by atoms with Crippen LogP contribution in [0.4, 0.5) is 0 Å². The summed E-state index contributed by atoms with van der Waals surface area (Å²) in [5.74, 6) is -0.0699.